The van der Waals surface area contributed by atoms with Gasteiger partial charge < -0.3 is 5.32 Å². The molecule has 3 rings (SSSR count). The maximum Gasteiger partial charge on any atom is 0.131 e. The minimum Gasteiger partial charge on any atom is -0.311 e. The van der Waals surface area contributed by atoms with E-state index in [0.29, 0.717) is 6.04 Å². The Morgan fingerprint density at radius 2 is 2.36 bits per heavy atom. The Bertz CT molecular complexity index is 359. The second-order valence-corrected chi connectivity index (χ2v) is 5.60. The quantitative estimate of drug-likeness (QED) is 0.843. The van der Waals surface area contributed by atoms with Crippen molar-refractivity contribution in [1.82, 2.24) is 15.1 Å². The number of nitrogens with one attached hydrogen (secondary N) is 1. The van der Waals surface area contributed by atoms with Gasteiger partial charge in [-0.15, -0.1) is 0 Å². The highest BCUT2D eigenvalue weighted by atomic mass is 79.9. The predicted octanol–water partition coefficient (Wildman–Crippen LogP) is 1.58. The lowest BCUT2D eigenvalue weighted by molar-refractivity contribution is 0.481. The Morgan fingerprint density at radius 3 is 3.07 bits per heavy atom. The maximum absolute atomic E-state index is 4.59. The lowest BCUT2D eigenvalue weighted by atomic mass is 10.1. The first-order valence-corrected chi connectivity index (χ1v) is 6.85. The second kappa shape index (κ2) is 3.54. The molecule has 14 heavy (non-hydrogen) atoms. The largest absolute Gasteiger partial charge is 0.311 e. The highest BCUT2D eigenvalue weighted by Crippen LogP contribution is 2.33. The van der Waals surface area contributed by atoms with E-state index in [1.807, 2.05) is 11.8 Å². The summed E-state index contributed by atoms with van der Waals surface area (Å²) in [5.41, 5.74) is 2.81. The molecule has 1 fully saturated rings. The summed E-state index contributed by atoms with van der Waals surface area (Å²) in [5.74, 6) is 2.45. The second-order valence-electron chi connectivity index (χ2n) is 3.78. The Hall–Kier alpha value is -0.0000000000000000763. The van der Waals surface area contributed by atoms with Crippen LogP contribution in [0.5, 0.6) is 0 Å². The summed E-state index contributed by atoms with van der Waals surface area (Å²) >= 11 is 5.56. The van der Waals surface area contributed by atoms with E-state index >= 15 is 0 Å². The third kappa shape index (κ3) is 1.33. The minimum atomic E-state index is 0.639. The molecule has 0 amide bonds. The van der Waals surface area contributed by atoms with Gasteiger partial charge in [0, 0.05) is 23.6 Å². The summed E-state index contributed by atoms with van der Waals surface area (Å²) in [6.07, 6.45) is 1.11. The van der Waals surface area contributed by atoms with Gasteiger partial charge in [0.05, 0.1) is 11.7 Å². The standard InChI is InChI=1S/C9H12BrN3S/c10-9-7-1-2-11-3-8(7)13(12-9)6-4-14-5-6/h6,11H,1-5H2. The molecule has 0 spiro atoms. The fraction of sp³-hybridized carbons (Fsp3) is 0.667. The van der Waals surface area contributed by atoms with Gasteiger partial charge in [-0.05, 0) is 28.9 Å². The monoisotopic (exact) mass is 273 g/mol. The average Bonchev–Trinajstić information content (AvgIpc) is 2.43. The Balaban J connectivity index is 2.02. The molecule has 1 saturated heterocycles. The van der Waals surface area contributed by atoms with Crippen LogP contribution in [-0.4, -0.2) is 27.8 Å². The van der Waals surface area contributed by atoms with Crippen molar-refractivity contribution in [2.24, 2.45) is 0 Å². The van der Waals surface area contributed by atoms with E-state index in [9.17, 15) is 0 Å². The van der Waals surface area contributed by atoms with Crippen molar-refractivity contribution in [3.05, 3.63) is 15.9 Å². The van der Waals surface area contributed by atoms with Gasteiger partial charge in [-0.3, -0.25) is 4.68 Å². The molecular formula is C9H12BrN3S. The molecule has 0 aromatic carbocycles. The highest BCUT2D eigenvalue weighted by molar-refractivity contribution is 9.10. The summed E-state index contributed by atoms with van der Waals surface area (Å²) in [4.78, 5) is 0. The van der Waals surface area contributed by atoms with E-state index in [4.69, 9.17) is 0 Å². The van der Waals surface area contributed by atoms with Gasteiger partial charge in [-0.1, -0.05) is 0 Å². The topological polar surface area (TPSA) is 29.9 Å². The molecular weight excluding hydrogens is 262 g/mol. The lowest BCUT2D eigenvalue weighted by Gasteiger charge is -2.28. The van der Waals surface area contributed by atoms with Crippen LogP contribution in [0, 0.1) is 0 Å². The summed E-state index contributed by atoms with van der Waals surface area (Å²) in [5, 5.41) is 8.00. The van der Waals surface area contributed by atoms with E-state index in [0.717, 1.165) is 24.1 Å². The number of thioether (sulfide) groups is 1. The van der Waals surface area contributed by atoms with Crippen molar-refractivity contribution < 1.29 is 0 Å². The third-order valence-corrected chi connectivity index (χ3v) is 4.76. The first-order chi connectivity index (χ1) is 6.86. The summed E-state index contributed by atoms with van der Waals surface area (Å²) in [6, 6.07) is 0.639. The van der Waals surface area contributed by atoms with Gasteiger partial charge in [0.15, 0.2) is 0 Å². The molecule has 0 radical (unpaired) electrons. The van der Waals surface area contributed by atoms with E-state index in [1.165, 1.54) is 22.8 Å². The first kappa shape index (κ1) is 9.24. The van der Waals surface area contributed by atoms with Crippen LogP contribution >= 0.6 is 27.7 Å². The van der Waals surface area contributed by atoms with E-state index in [1.54, 1.807) is 0 Å². The van der Waals surface area contributed by atoms with Gasteiger partial charge in [0.2, 0.25) is 0 Å². The highest BCUT2D eigenvalue weighted by Gasteiger charge is 2.27. The third-order valence-electron chi connectivity index (χ3n) is 2.88. The molecule has 0 unspecified atom stereocenters. The number of nitrogens with zero attached hydrogens (tertiary/aromatic N) is 2. The molecule has 0 bridgehead atoms. The van der Waals surface area contributed by atoms with Gasteiger partial charge in [0.25, 0.3) is 0 Å². The molecule has 2 aliphatic heterocycles. The fourth-order valence-electron chi connectivity index (χ4n) is 1.99. The molecule has 0 saturated carbocycles. The van der Waals surface area contributed by atoms with Crippen molar-refractivity contribution in [2.75, 3.05) is 18.1 Å². The first-order valence-electron chi connectivity index (χ1n) is 4.90. The van der Waals surface area contributed by atoms with Crippen LogP contribution in [0.15, 0.2) is 4.60 Å². The zero-order chi connectivity index (χ0) is 9.54. The molecule has 2 aliphatic rings. The molecule has 3 nitrogen and oxygen atoms in total. The van der Waals surface area contributed by atoms with E-state index in [2.05, 4.69) is 31.0 Å². The van der Waals surface area contributed by atoms with Crippen LogP contribution in [0.25, 0.3) is 0 Å². The van der Waals surface area contributed by atoms with Crippen molar-refractivity contribution in [3.63, 3.8) is 0 Å². The number of rotatable bonds is 1. The van der Waals surface area contributed by atoms with Crippen molar-refractivity contribution in [3.8, 4) is 0 Å². The van der Waals surface area contributed by atoms with Crippen LogP contribution in [0.4, 0.5) is 0 Å². The van der Waals surface area contributed by atoms with Crippen molar-refractivity contribution in [1.29, 1.82) is 0 Å². The molecule has 1 N–H and O–H groups in total. The minimum absolute atomic E-state index is 0.639. The lowest BCUT2D eigenvalue weighted by Crippen LogP contribution is -2.30. The number of hydrogen-bond acceptors (Lipinski definition) is 3. The number of hydrogen-bond donors (Lipinski definition) is 1. The van der Waals surface area contributed by atoms with Crippen LogP contribution in [0.3, 0.4) is 0 Å². The molecule has 1 aromatic rings. The average molecular weight is 274 g/mol. The molecule has 3 heterocycles. The van der Waals surface area contributed by atoms with E-state index in [-0.39, 0.29) is 0 Å². The molecule has 0 atom stereocenters. The molecule has 5 heteroatoms. The van der Waals surface area contributed by atoms with Crippen LogP contribution in [0.2, 0.25) is 0 Å². The number of aromatic nitrogens is 2. The Kier molecular flexibility index (Phi) is 2.34. The summed E-state index contributed by atoms with van der Waals surface area (Å²) in [7, 11) is 0. The van der Waals surface area contributed by atoms with Crippen molar-refractivity contribution in [2.45, 2.75) is 19.0 Å². The zero-order valence-electron chi connectivity index (χ0n) is 7.79. The smallest absolute Gasteiger partial charge is 0.131 e. The zero-order valence-corrected chi connectivity index (χ0v) is 10.2. The van der Waals surface area contributed by atoms with E-state index < -0.39 is 0 Å². The van der Waals surface area contributed by atoms with Gasteiger partial charge >= 0.3 is 0 Å². The van der Waals surface area contributed by atoms with Crippen molar-refractivity contribution >= 4 is 27.7 Å². The molecule has 76 valence electrons. The Morgan fingerprint density at radius 1 is 1.50 bits per heavy atom. The fourth-order valence-corrected chi connectivity index (χ4v) is 3.32. The predicted molar refractivity (Wildman–Crippen MR) is 61.7 cm³/mol. The SMILES string of the molecule is Brc1nn(C2CSC2)c2c1CCNC2. The van der Waals surface area contributed by atoms with Gasteiger partial charge in [-0.2, -0.15) is 16.9 Å². The molecule has 0 aliphatic carbocycles. The van der Waals surface area contributed by atoms with Gasteiger partial charge in [-0.25, -0.2) is 0 Å². The molecule has 1 aromatic heterocycles. The van der Waals surface area contributed by atoms with Crippen LogP contribution in [0.1, 0.15) is 17.3 Å². The normalized spacial score (nSPS) is 21.8. The Labute approximate surface area is 95.8 Å². The summed E-state index contributed by atoms with van der Waals surface area (Å²) in [6.45, 7) is 2.06. The van der Waals surface area contributed by atoms with Crippen LogP contribution < -0.4 is 5.32 Å². The maximum atomic E-state index is 4.59. The van der Waals surface area contributed by atoms with Crippen LogP contribution in [-0.2, 0) is 13.0 Å². The van der Waals surface area contributed by atoms with Gasteiger partial charge in [0.1, 0.15) is 4.60 Å². The number of fused-ring (bicyclic) bond motifs is 1. The summed E-state index contributed by atoms with van der Waals surface area (Å²) < 4.78 is 3.29. The number of halogens is 1.